The van der Waals surface area contributed by atoms with Gasteiger partial charge in [-0.15, -0.1) is 0 Å². The quantitative estimate of drug-likeness (QED) is 0.306. The van der Waals surface area contributed by atoms with Gasteiger partial charge in [-0.2, -0.15) is 4.37 Å². The lowest BCUT2D eigenvalue weighted by Gasteiger charge is -2.30. The van der Waals surface area contributed by atoms with Crippen LogP contribution in [0.1, 0.15) is 55.8 Å². The van der Waals surface area contributed by atoms with Gasteiger partial charge in [-0.25, -0.2) is 0 Å². The third-order valence-electron chi connectivity index (χ3n) is 5.84. The lowest BCUT2D eigenvalue weighted by Crippen LogP contribution is -2.43. The van der Waals surface area contributed by atoms with Gasteiger partial charge in [0.2, 0.25) is 0 Å². The molecule has 5 N–H and O–H groups in total. The van der Waals surface area contributed by atoms with Crippen LogP contribution < -0.4 is 21.7 Å². The number of primary amides is 1. The van der Waals surface area contributed by atoms with Gasteiger partial charge in [0.05, 0.1) is 5.69 Å². The molecule has 0 aliphatic heterocycles. The molecule has 2 heterocycles. The summed E-state index contributed by atoms with van der Waals surface area (Å²) in [5, 5.41) is 2.91. The first kappa shape index (κ1) is 25.6. The molecule has 0 radical (unpaired) electrons. The number of benzene rings is 2. The van der Waals surface area contributed by atoms with Gasteiger partial charge in [-0.05, 0) is 60.3 Å². The highest BCUT2D eigenvalue weighted by Crippen LogP contribution is 2.34. The average Bonchev–Trinajstić information content (AvgIpc) is 3.51. The van der Waals surface area contributed by atoms with Gasteiger partial charge < -0.3 is 21.2 Å². The number of aromatic nitrogens is 1. The van der Waals surface area contributed by atoms with Crippen molar-refractivity contribution in [3.63, 3.8) is 0 Å². The Hall–Kier alpha value is -4.44. The third kappa shape index (κ3) is 5.54. The summed E-state index contributed by atoms with van der Waals surface area (Å²) in [6, 6.07) is 18.9. The van der Waals surface area contributed by atoms with E-state index in [1.807, 2.05) is 49.4 Å². The van der Waals surface area contributed by atoms with Crippen molar-refractivity contribution in [1.29, 1.82) is 0 Å². The summed E-state index contributed by atoms with van der Waals surface area (Å²) < 4.78 is 9.82. The van der Waals surface area contributed by atoms with Gasteiger partial charge in [0.15, 0.2) is 11.7 Å². The minimum absolute atomic E-state index is 0.00231. The predicted molar refractivity (Wildman–Crippen MR) is 142 cm³/mol. The molecule has 0 aliphatic carbocycles. The Balaban J connectivity index is 1.80. The molecule has 0 aliphatic rings. The van der Waals surface area contributed by atoms with Crippen LogP contribution in [0.25, 0.3) is 0 Å². The van der Waals surface area contributed by atoms with E-state index in [4.69, 9.17) is 15.9 Å². The Morgan fingerprint density at radius 2 is 1.73 bits per heavy atom. The molecule has 3 amide bonds. The van der Waals surface area contributed by atoms with E-state index in [1.165, 1.54) is 4.90 Å². The maximum Gasteiger partial charge on any atom is 0.273 e. The predicted octanol–water partition coefficient (Wildman–Crippen LogP) is 3.99. The van der Waals surface area contributed by atoms with Gasteiger partial charge in [0.1, 0.15) is 16.4 Å². The molecule has 1 atom stereocenters. The molecule has 0 fully saturated rings. The summed E-state index contributed by atoms with van der Waals surface area (Å²) in [5.74, 6) is -1.05. The van der Waals surface area contributed by atoms with E-state index >= 15 is 0 Å². The van der Waals surface area contributed by atoms with Crippen molar-refractivity contribution >= 4 is 40.6 Å². The molecule has 2 aromatic heterocycles. The molecule has 4 aromatic rings. The molecule has 37 heavy (non-hydrogen) atoms. The number of hydrogen-bond acceptors (Lipinski definition) is 7. The zero-order valence-corrected chi connectivity index (χ0v) is 21.2. The summed E-state index contributed by atoms with van der Waals surface area (Å²) in [6.07, 6.45) is 0.802. The van der Waals surface area contributed by atoms with E-state index in [2.05, 4.69) is 9.69 Å². The average molecular weight is 518 g/mol. The fourth-order valence-electron chi connectivity index (χ4n) is 3.87. The number of aryl methyl sites for hydroxylation is 2. The lowest BCUT2D eigenvalue weighted by atomic mass is 10.1. The molecular formula is C27H27N5O4S. The molecule has 0 bridgehead atoms. The molecule has 0 saturated heterocycles. The molecule has 190 valence electrons. The van der Waals surface area contributed by atoms with E-state index < -0.39 is 23.8 Å². The van der Waals surface area contributed by atoms with Crippen molar-refractivity contribution in [3.8, 4) is 0 Å². The smallest absolute Gasteiger partial charge is 0.273 e. The first-order chi connectivity index (χ1) is 17.8. The van der Waals surface area contributed by atoms with E-state index in [1.54, 1.807) is 31.2 Å². The standard InChI is InChI=1S/C27H27N5O4S/c1-3-17-10-12-19(13-11-17)32(27(35)24-21(28)22(25(29)33)31-37-24)23(20-14-9-16(2)36-20)26(34)30-15-18-7-5-4-6-8-18/h4-14,23H,3,15,28H2,1-2H3,(H2,29,33)(H,30,34). The summed E-state index contributed by atoms with van der Waals surface area (Å²) in [5.41, 5.74) is 13.6. The SMILES string of the molecule is CCc1ccc(N(C(=O)c2snc(C(N)=O)c2N)C(C(=O)NCc2ccccc2)c2ccc(C)o2)cc1. The Bertz CT molecular complexity index is 1410. The zero-order chi connectivity index (χ0) is 26.5. The van der Waals surface area contributed by atoms with Gasteiger partial charge in [-0.1, -0.05) is 49.4 Å². The monoisotopic (exact) mass is 517 g/mol. The van der Waals surface area contributed by atoms with E-state index in [9.17, 15) is 14.4 Å². The van der Waals surface area contributed by atoms with Gasteiger partial charge >= 0.3 is 0 Å². The molecule has 4 rings (SSSR count). The van der Waals surface area contributed by atoms with Gasteiger partial charge in [0.25, 0.3) is 17.7 Å². The van der Waals surface area contributed by atoms with E-state index in [-0.39, 0.29) is 28.6 Å². The van der Waals surface area contributed by atoms with Crippen molar-refractivity contribution in [2.75, 3.05) is 10.6 Å². The molecule has 1 unspecified atom stereocenters. The van der Waals surface area contributed by atoms with Crippen LogP contribution >= 0.6 is 11.5 Å². The number of anilines is 2. The van der Waals surface area contributed by atoms with Crippen LogP contribution in [-0.2, 0) is 17.8 Å². The van der Waals surface area contributed by atoms with Crippen LogP contribution in [0.4, 0.5) is 11.4 Å². The van der Waals surface area contributed by atoms with Crippen molar-refractivity contribution in [3.05, 3.63) is 99.9 Å². The van der Waals surface area contributed by atoms with Crippen molar-refractivity contribution in [2.24, 2.45) is 5.73 Å². The second-order valence-corrected chi connectivity index (χ2v) is 9.16. The third-order valence-corrected chi connectivity index (χ3v) is 6.69. The van der Waals surface area contributed by atoms with Crippen LogP contribution in [0.3, 0.4) is 0 Å². The Morgan fingerprint density at radius 3 is 2.30 bits per heavy atom. The van der Waals surface area contributed by atoms with Gasteiger partial charge in [-0.3, -0.25) is 19.3 Å². The zero-order valence-electron chi connectivity index (χ0n) is 20.4. The first-order valence-corrected chi connectivity index (χ1v) is 12.4. The number of nitrogens with two attached hydrogens (primary N) is 2. The van der Waals surface area contributed by atoms with Crippen LogP contribution in [0.5, 0.6) is 0 Å². The van der Waals surface area contributed by atoms with Crippen LogP contribution in [0.15, 0.2) is 71.1 Å². The number of carbonyl (C=O) groups excluding carboxylic acids is 3. The topological polar surface area (TPSA) is 145 Å². The van der Waals surface area contributed by atoms with Gasteiger partial charge in [0, 0.05) is 12.2 Å². The number of rotatable bonds is 9. The summed E-state index contributed by atoms with van der Waals surface area (Å²) >= 11 is 0.754. The minimum atomic E-state index is -1.17. The number of carbonyl (C=O) groups is 3. The van der Waals surface area contributed by atoms with Crippen LogP contribution in [0.2, 0.25) is 0 Å². The summed E-state index contributed by atoms with van der Waals surface area (Å²) in [7, 11) is 0. The molecule has 10 heteroatoms. The highest BCUT2D eigenvalue weighted by atomic mass is 32.1. The molecular weight excluding hydrogens is 490 g/mol. The molecule has 0 spiro atoms. The second kappa shape index (κ2) is 11.1. The fourth-order valence-corrected chi connectivity index (χ4v) is 4.61. The Labute approximate surface area is 218 Å². The molecule has 9 nitrogen and oxygen atoms in total. The van der Waals surface area contributed by atoms with E-state index in [0.29, 0.717) is 11.4 Å². The molecule has 2 aromatic carbocycles. The Morgan fingerprint density at radius 1 is 1.03 bits per heavy atom. The highest BCUT2D eigenvalue weighted by molar-refractivity contribution is 7.09. The number of nitrogen functional groups attached to an aromatic ring is 1. The normalized spacial score (nSPS) is 11.6. The summed E-state index contributed by atoms with van der Waals surface area (Å²) in [6.45, 7) is 4.03. The van der Waals surface area contributed by atoms with Crippen molar-refractivity contribution < 1.29 is 18.8 Å². The largest absolute Gasteiger partial charge is 0.464 e. The number of nitrogens with zero attached hydrogens (tertiary/aromatic N) is 2. The minimum Gasteiger partial charge on any atom is -0.464 e. The fraction of sp³-hybridized carbons (Fsp3) is 0.185. The van der Waals surface area contributed by atoms with E-state index in [0.717, 1.165) is 29.1 Å². The van der Waals surface area contributed by atoms with Crippen LogP contribution in [-0.4, -0.2) is 22.1 Å². The number of amides is 3. The van der Waals surface area contributed by atoms with Crippen molar-refractivity contribution in [1.82, 2.24) is 9.69 Å². The first-order valence-electron chi connectivity index (χ1n) is 11.7. The highest BCUT2D eigenvalue weighted by Gasteiger charge is 2.37. The molecule has 0 saturated carbocycles. The number of hydrogen-bond donors (Lipinski definition) is 3. The maximum atomic E-state index is 14.0. The maximum absolute atomic E-state index is 14.0. The lowest BCUT2D eigenvalue weighted by molar-refractivity contribution is -0.123. The number of nitrogens with one attached hydrogen (secondary N) is 1. The van der Waals surface area contributed by atoms with Crippen molar-refractivity contribution in [2.45, 2.75) is 32.9 Å². The number of furan rings is 1. The second-order valence-electron chi connectivity index (χ2n) is 8.39. The summed E-state index contributed by atoms with van der Waals surface area (Å²) in [4.78, 5) is 40.8. The Kier molecular flexibility index (Phi) is 7.69. The van der Waals surface area contributed by atoms with Crippen LogP contribution in [0, 0.1) is 6.92 Å².